The number of nitrogens with two attached hydrogens (primary N) is 1. The third-order valence-electron chi connectivity index (χ3n) is 4.46. The molecule has 3 N–H and O–H groups in total. The van der Waals surface area contributed by atoms with E-state index in [1.165, 1.54) is 12.1 Å². The summed E-state index contributed by atoms with van der Waals surface area (Å²) in [5, 5.41) is 2.04. The van der Waals surface area contributed by atoms with Crippen LogP contribution in [0.3, 0.4) is 0 Å². The highest BCUT2D eigenvalue weighted by atomic mass is 19.4. The number of nitrogens with zero attached hydrogens (tertiary/aromatic N) is 1. The van der Waals surface area contributed by atoms with E-state index >= 15 is 0 Å². The van der Waals surface area contributed by atoms with E-state index in [-0.39, 0.29) is 34.1 Å². The number of halogens is 3. The van der Waals surface area contributed by atoms with Gasteiger partial charge < -0.3 is 15.2 Å². The lowest BCUT2D eigenvalue weighted by Gasteiger charge is -2.16. The molecule has 3 aromatic rings. The molecule has 2 heterocycles. The minimum atomic E-state index is -4.60. The maximum Gasteiger partial charge on any atom is 0.422 e. The Morgan fingerprint density at radius 3 is 2.28 bits per heavy atom. The fourth-order valence-corrected chi connectivity index (χ4v) is 3.16. The van der Waals surface area contributed by atoms with Crippen LogP contribution >= 0.6 is 0 Å². The molecule has 0 aliphatic carbocycles. The van der Waals surface area contributed by atoms with Crippen LogP contribution in [-0.2, 0) is 0 Å². The highest BCUT2D eigenvalue weighted by Gasteiger charge is 2.32. The number of carbonyl (C=O) groups is 2. The second kappa shape index (κ2) is 7.76. The number of para-hydroxylation sites is 1. The quantitative estimate of drug-likeness (QED) is 0.584. The van der Waals surface area contributed by atoms with E-state index in [9.17, 15) is 27.6 Å². The van der Waals surface area contributed by atoms with Crippen molar-refractivity contribution in [3.8, 4) is 22.9 Å². The molecule has 2 aromatic carbocycles. The van der Waals surface area contributed by atoms with Crippen molar-refractivity contribution in [2.45, 2.75) is 6.18 Å². The van der Waals surface area contributed by atoms with Gasteiger partial charge in [0.1, 0.15) is 23.1 Å². The Kier molecular flexibility index (Phi) is 5.09. The Balaban J connectivity index is 1.84. The summed E-state index contributed by atoms with van der Waals surface area (Å²) in [4.78, 5) is 36.6. The van der Waals surface area contributed by atoms with E-state index in [4.69, 9.17) is 15.2 Å². The van der Waals surface area contributed by atoms with Gasteiger partial charge >= 0.3 is 6.18 Å². The number of anilines is 1. The van der Waals surface area contributed by atoms with Crippen LogP contribution in [0.5, 0.6) is 17.2 Å². The van der Waals surface area contributed by atoms with Gasteiger partial charge in [0.05, 0.1) is 16.8 Å². The topological polar surface area (TPSA) is 113 Å². The molecule has 8 nitrogen and oxygen atoms in total. The number of hydrogen-bond acceptors (Lipinski definition) is 6. The molecular weight excluding hydrogens is 431 g/mol. The SMILES string of the molecule is Nc1c2c(cc(=O)n1-c1cc(OCC(F)(F)F)cc(Oc3ccccc3)c1)C(=O)NC2=O. The summed E-state index contributed by atoms with van der Waals surface area (Å²) in [6.45, 7) is -1.58. The predicted molar refractivity (Wildman–Crippen MR) is 106 cm³/mol. The van der Waals surface area contributed by atoms with E-state index in [1.807, 2.05) is 5.32 Å². The number of hydrogen-bond donors (Lipinski definition) is 2. The van der Waals surface area contributed by atoms with Crippen molar-refractivity contribution in [2.24, 2.45) is 0 Å². The fourth-order valence-electron chi connectivity index (χ4n) is 3.16. The highest BCUT2D eigenvalue weighted by Crippen LogP contribution is 2.32. The number of fused-ring (bicyclic) bond motifs is 1. The molecule has 1 aliphatic rings. The van der Waals surface area contributed by atoms with Crippen LogP contribution in [0.4, 0.5) is 19.0 Å². The van der Waals surface area contributed by atoms with Crippen molar-refractivity contribution < 1.29 is 32.2 Å². The van der Waals surface area contributed by atoms with Crippen LogP contribution in [0.15, 0.2) is 59.4 Å². The first kappa shape index (κ1) is 21.0. The van der Waals surface area contributed by atoms with Gasteiger partial charge in [-0.05, 0) is 12.1 Å². The zero-order valence-electron chi connectivity index (χ0n) is 16.1. The van der Waals surface area contributed by atoms with Gasteiger partial charge in [-0.25, -0.2) is 0 Å². The van der Waals surface area contributed by atoms with Crippen LogP contribution < -0.4 is 26.1 Å². The second-order valence-corrected chi connectivity index (χ2v) is 6.76. The Morgan fingerprint density at radius 1 is 0.906 bits per heavy atom. The maximum absolute atomic E-state index is 12.7. The minimum Gasteiger partial charge on any atom is -0.484 e. The molecule has 0 atom stereocenters. The van der Waals surface area contributed by atoms with Crippen molar-refractivity contribution in [1.82, 2.24) is 9.88 Å². The second-order valence-electron chi connectivity index (χ2n) is 6.76. The molecule has 0 spiro atoms. The summed E-state index contributed by atoms with van der Waals surface area (Å²) >= 11 is 0. The molecule has 1 aliphatic heterocycles. The van der Waals surface area contributed by atoms with Gasteiger partial charge in [-0.2, -0.15) is 13.2 Å². The lowest BCUT2D eigenvalue weighted by atomic mass is 10.1. The summed E-state index contributed by atoms with van der Waals surface area (Å²) in [7, 11) is 0. The Hall–Kier alpha value is -4.28. The van der Waals surface area contributed by atoms with Gasteiger partial charge in [-0.1, -0.05) is 18.2 Å². The molecule has 0 bridgehead atoms. The van der Waals surface area contributed by atoms with E-state index in [1.54, 1.807) is 30.3 Å². The average molecular weight is 445 g/mol. The van der Waals surface area contributed by atoms with Crippen LogP contribution in [0.2, 0.25) is 0 Å². The molecule has 164 valence electrons. The molecule has 0 saturated heterocycles. The Morgan fingerprint density at radius 2 is 1.59 bits per heavy atom. The number of rotatable bonds is 5. The minimum absolute atomic E-state index is 0.0203. The van der Waals surface area contributed by atoms with E-state index < -0.39 is 30.2 Å². The van der Waals surface area contributed by atoms with E-state index in [2.05, 4.69) is 0 Å². The van der Waals surface area contributed by atoms with Crippen molar-refractivity contribution in [2.75, 3.05) is 12.3 Å². The highest BCUT2D eigenvalue weighted by molar-refractivity contribution is 6.23. The summed E-state index contributed by atoms with van der Waals surface area (Å²) < 4.78 is 49.4. The van der Waals surface area contributed by atoms with Gasteiger partial charge in [-0.15, -0.1) is 0 Å². The van der Waals surface area contributed by atoms with E-state index in [0.29, 0.717) is 5.75 Å². The van der Waals surface area contributed by atoms with Crippen LogP contribution in [-0.4, -0.2) is 29.2 Å². The van der Waals surface area contributed by atoms with Crippen molar-refractivity contribution in [3.05, 3.63) is 76.1 Å². The molecule has 32 heavy (non-hydrogen) atoms. The number of imide groups is 1. The number of carbonyl (C=O) groups excluding carboxylic acids is 2. The predicted octanol–water partition coefficient (Wildman–Crippen LogP) is 3.04. The zero-order chi connectivity index (χ0) is 23.0. The number of benzene rings is 2. The summed E-state index contributed by atoms with van der Waals surface area (Å²) in [5.41, 5.74) is 4.82. The van der Waals surface area contributed by atoms with Gasteiger partial charge in [0.25, 0.3) is 17.4 Å². The smallest absolute Gasteiger partial charge is 0.422 e. The molecule has 11 heteroatoms. The Labute approximate surface area is 178 Å². The molecule has 0 saturated carbocycles. The fraction of sp³-hybridized carbons (Fsp3) is 0.0952. The number of ether oxygens (including phenoxy) is 2. The lowest BCUT2D eigenvalue weighted by molar-refractivity contribution is -0.153. The van der Waals surface area contributed by atoms with Crippen LogP contribution in [0, 0.1) is 0 Å². The molecule has 4 rings (SSSR count). The molecule has 0 radical (unpaired) electrons. The van der Waals surface area contributed by atoms with Gasteiger partial charge in [-0.3, -0.25) is 24.3 Å². The van der Waals surface area contributed by atoms with Crippen LogP contribution in [0.1, 0.15) is 20.7 Å². The third-order valence-corrected chi connectivity index (χ3v) is 4.46. The van der Waals surface area contributed by atoms with Crippen molar-refractivity contribution >= 4 is 17.6 Å². The van der Waals surface area contributed by atoms with Crippen molar-refractivity contribution in [1.29, 1.82) is 0 Å². The number of nitrogen functional groups attached to an aromatic ring is 1. The largest absolute Gasteiger partial charge is 0.484 e. The lowest BCUT2D eigenvalue weighted by Crippen LogP contribution is -2.24. The number of amides is 2. The molecule has 0 unspecified atom stereocenters. The first-order chi connectivity index (χ1) is 15.1. The van der Waals surface area contributed by atoms with Gasteiger partial charge in [0.15, 0.2) is 6.61 Å². The number of alkyl halides is 3. The molecule has 0 fully saturated rings. The summed E-state index contributed by atoms with van der Waals surface area (Å²) in [6, 6.07) is 13.0. The monoisotopic (exact) mass is 445 g/mol. The number of nitrogens with one attached hydrogen (secondary N) is 1. The van der Waals surface area contributed by atoms with E-state index in [0.717, 1.165) is 16.7 Å². The molecule has 1 aromatic heterocycles. The normalized spacial score (nSPS) is 13.0. The Bertz CT molecular complexity index is 1290. The third kappa shape index (κ3) is 4.13. The van der Waals surface area contributed by atoms with Gasteiger partial charge in [0, 0.05) is 24.3 Å². The zero-order valence-corrected chi connectivity index (χ0v) is 16.1. The average Bonchev–Trinajstić information content (AvgIpc) is 3.00. The number of aromatic nitrogens is 1. The first-order valence-corrected chi connectivity index (χ1v) is 9.11. The van der Waals surface area contributed by atoms with Crippen LogP contribution in [0.25, 0.3) is 5.69 Å². The maximum atomic E-state index is 12.7. The molecule has 2 amide bonds. The standard InChI is InChI=1S/C21H14F3N3O5/c22-21(23,24)10-31-13-6-11(7-14(8-13)32-12-4-2-1-3-5-12)27-16(28)9-15-17(18(27)25)20(30)26-19(15)29/h1-9H,10,25H2,(H,26,29,30). The van der Waals surface area contributed by atoms with Gasteiger partial charge in [0.2, 0.25) is 0 Å². The summed E-state index contributed by atoms with van der Waals surface area (Å²) in [6.07, 6.45) is -4.60. The summed E-state index contributed by atoms with van der Waals surface area (Å²) in [5.74, 6) is -1.73. The van der Waals surface area contributed by atoms with Crippen molar-refractivity contribution in [3.63, 3.8) is 0 Å². The number of pyridine rings is 1. The first-order valence-electron chi connectivity index (χ1n) is 9.11. The molecular formula is C21H14F3N3O5.